The molecule has 1 unspecified atom stereocenters. The van der Waals surface area contributed by atoms with Crippen LogP contribution in [0, 0.1) is 0 Å². The van der Waals surface area contributed by atoms with Crippen LogP contribution < -0.4 is 10.0 Å². The molecule has 0 aliphatic rings. The summed E-state index contributed by atoms with van der Waals surface area (Å²) in [6.45, 7) is 5.24. The first kappa shape index (κ1) is 14.9. The molecule has 0 bridgehead atoms. The van der Waals surface area contributed by atoms with Crippen molar-refractivity contribution in [2.24, 2.45) is 0 Å². The van der Waals surface area contributed by atoms with Crippen LogP contribution in [0.1, 0.15) is 25.5 Å². The first-order chi connectivity index (χ1) is 8.67. The Balaban J connectivity index is 2.68. The third-order valence-corrected chi connectivity index (χ3v) is 2.87. The normalized spacial score (nSPS) is 12.2. The number of carbonyl (C=O) groups excluding carboxylic acids is 1. The number of nitrogens with one attached hydrogen (secondary N) is 2. The summed E-state index contributed by atoms with van der Waals surface area (Å²) >= 11 is 1.54. The van der Waals surface area contributed by atoms with Gasteiger partial charge in [0, 0.05) is 24.5 Å². The Bertz CT molecular complexity index is 355. The Morgan fingerprint density at radius 1 is 1.33 bits per heavy atom. The minimum absolute atomic E-state index is 0.242. The zero-order chi connectivity index (χ0) is 13.4. The molecule has 4 nitrogen and oxygen atoms in total. The van der Waals surface area contributed by atoms with Crippen LogP contribution in [-0.4, -0.2) is 25.3 Å². The molecule has 0 spiro atoms. The molecular weight excluding hydrogens is 248 g/mol. The second-order valence-corrected chi connectivity index (χ2v) is 4.82. The van der Waals surface area contributed by atoms with E-state index in [0.717, 1.165) is 11.3 Å². The van der Waals surface area contributed by atoms with Crippen molar-refractivity contribution in [3.8, 4) is 0 Å². The van der Waals surface area contributed by atoms with Crippen LogP contribution in [0.15, 0.2) is 24.3 Å². The van der Waals surface area contributed by atoms with E-state index >= 15 is 0 Å². The van der Waals surface area contributed by atoms with Gasteiger partial charge in [-0.2, -0.15) is 0 Å². The van der Waals surface area contributed by atoms with Crippen LogP contribution in [0.5, 0.6) is 0 Å². The van der Waals surface area contributed by atoms with Gasteiger partial charge >= 0.3 is 0 Å². The van der Waals surface area contributed by atoms with Crippen molar-refractivity contribution < 1.29 is 9.53 Å². The Hall–Kier alpha value is -1.20. The van der Waals surface area contributed by atoms with Crippen LogP contribution >= 0.6 is 11.9 Å². The molecular formula is C13H20N2O2S. The van der Waals surface area contributed by atoms with Gasteiger partial charge in [-0.15, -0.1) is 0 Å². The van der Waals surface area contributed by atoms with Gasteiger partial charge in [-0.05, 0) is 17.7 Å². The van der Waals surface area contributed by atoms with E-state index in [2.05, 4.69) is 23.9 Å². The zero-order valence-electron chi connectivity index (χ0n) is 11.0. The predicted octanol–water partition coefficient (Wildman–Crippen LogP) is 2.59. The highest BCUT2D eigenvalue weighted by atomic mass is 32.2. The van der Waals surface area contributed by atoms with Gasteiger partial charge in [0.05, 0.1) is 0 Å². The number of benzene rings is 1. The minimum Gasteiger partial charge on any atom is -0.458 e. The maximum atomic E-state index is 10.5. The molecule has 0 amide bonds. The highest BCUT2D eigenvalue weighted by molar-refractivity contribution is 7.99. The standard InChI is InChI=1S/C13H20N2O2S/c1-10(2)14-8-13(17-9-16)11-4-6-12(7-5-11)15-18-3/h4-7,9-10,13-15H,8H2,1-3H3. The van der Waals surface area contributed by atoms with Crippen LogP contribution in [0.25, 0.3) is 0 Å². The lowest BCUT2D eigenvalue weighted by Crippen LogP contribution is -2.29. The summed E-state index contributed by atoms with van der Waals surface area (Å²) in [7, 11) is 0. The van der Waals surface area contributed by atoms with Crippen molar-refractivity contribution in [1.82, 2.24) is 5.32 Å². The molecule has 0 fully saturated rings. The van der Waals surface area contributed by atoms with Crippen LogP contribution in [0.3, 0.4) is 0 Å². The van der Waals surface area contributed by atoms with Crippen molar-refractivity contribution in [3.63, 3.8) is 0 Å². The van der Waals surface area contributed by atoms with Crippen molar-refractivity contribution >= 4 is 24.1 Å². The van der Waals surface area contributed by atoms with Gasteiger partial charge in [-0.3, -0.25) is 4.79 Å². The number of rotatable bonds is 8. The molecule has 2 N–H and O–H groups in total. The smallest absolute Gasteiger partial charge is 0.293 e. The molecule has 0 aliphatic heterocycles. The lowest BCUT2D eigenvalue weighted by molar-refractivity contribution is -0.133. The van der Waals surface area contributed by atoms with Gasteiger partial charge < -0.3 is 14.8 Å². The van der Waals surface area contributed by atoms with Gasteiger partial charge in [0.1, 0.15) is 6.10 Å². The SMILES string of the molecule is CSNc1ccc(C(CNC(C)C)OC=O)cc1. The maximum absolute atomic E-state index is 10.5. The molecule has 100 valence electrons. The fraction of sp³-hybridized carbons (Fsp3) is 0.462. The molecule has 0 saturated heterocycles. The largest absolute Gasteiger partial charge is 0.458 e. The van der Waals surface area contributed by atoms with Gasteiger partial charge in [-0.1, -0.05) is 37.9 Å². The third kappa shape index (κ3) is 4.98. The maximum Gasteiger partial charge on any atom is 0.293 e. The highest BCUT2D eigenvalue weighted by Gasteiger charge is 2.12. The first-order valence-electron chi connectivity index (χ1n) is 5.88. The molecule has 0 aromatic heterocycles. The van der Waals surface area contributed by atoms with Gasteiger partial charge in [0.2, 0.25) is 0 Å². The Morgan fingerprint density at radius 3 is 2.50 bits per heavy atom. The number of anilines is 1. The van der Waals surface area contributed by atoms with E-state index in [-0.39, 0.29) is 6.10 Å². The summed E-state index contributed by atoms with van der Waals surface area (Å²) in [6, 6.07) is 8.24. The lowest BCUT2D eigenvalue weighted by atomic mass is 10.1. The zero-order valence-corrected chi connectivity index (χ0v) is 11.8. The Kier molecular flexibility index (Phi) is 6.60. The summed E-state index contributed by atoms with van der Waals surface area (Å²) in [6.07, 6.45) is 1.73. The summed E-state index contributed by atoms with van der Waals surface area (Å²) < 4.78 is 8.26. The Morgan fingerprint density at radius 2 is 2.00 bits per heavy atom. The van der Waals surface area contributed by atoms with E-state index in [1.807, 2.05) is 30.5 Å². The molecule has 1 rings (SSSR count). The number of hydrogen-bond acceptors (Lipinski definition) is 5. The number of carbonyl (C=O) groups is 1. The van der Waals surface area contributed by atoms with Crippen molar-refractivity contribution in [2.45, 2.75) is 26.0 Å². The monoisotopic (exact) mass is 268 g/mol. The fourth-order valence-electron chi connectivity index (χ4n) is 1.54. The summed E-state index contributed by atoms with van der Waals surface area (Å²) in [5.74, 6) is 0. The van der Waals surface area contributed by atoms with Crippen molar-refractivity contribution in [3.05, 3.63) is 29.8 Å². The van der Waals surface area contributed by atoms with E-state index in [9.17, 15) is 4.79 Å². The molecule has 0 aliphatic carbocycles. The molecule has 1 atom stereocenters. The minimum atomic E-state index is -0.242. The lowest BCUT2D eigenvalue weighted by Gasteiger charge is -2.18. The van der Waals surface area contributed by atoms with Gasteiger partial charge in [-0.25, -0.2) is 0 Å². The Labute approximate surface area is 113 Å². The topological polar surface area (TPSA) is 50.4 Å². The summed E-state index contributed by atoms with van der Waals surface area (Å²) in [4.78, 5) is 10.5. The average molecular weight is 268 g/mol. The van der Waals surface area contributed by atoms with Crippen LogP contribution in [0.2, 0.25) is 0 Å². The molecule has 0 heterocycles. The van der Waals surface area contributed by atoms with Gasteiger partial charge in [0.25, 0.3) is 6.47 Å². The number of ether oxygens (including phenoxy) is 1. The van der Waals surface area contributed by atoms with Crippen LogP contribution in [-0.2, 0) is 9.53 Å². The third-order valence-electron chi connectivity index (χ3n) is 2.43. The van der Waals surface area contributed by atoms with E-state index in [4.69, 9.17) is 4.74 Å². The van der Waals surface area contributed by atoms with E-state index in [1.165, 1.54) is 0 Å². The van der Waals surface area contributed by atoms with Gasteiger partial charge in [0.15, 0.2) is 0 Å². The molecule has 18 heavy (non-hydrogen) atoms. The van der Waals surface area contributed by atoms with Crippen molar-refractivity contribution in [2.75, 3.05) is 17.5 Å². The molecule has 0 saturated carbocycles. The quantitative estimate of drug-likeness (QED) is 0.560. The van der Waals surface area contributed by atoms with Crippen LogP contribution in [0.4, 0.5) is 5.69 Å². The molecule has 1 aromatic rings. The molecule has 5 heteroatoms. The summed E-state index contributed by atoms with van der Waals surface area (Å²) in [5, 5.41) is 3.27. The van der Waals surface area contributed by atoms with E-state index < -0.39 is 0 Å². The molecule has 1 aromatic carbocycles. The number of hydrogen-bond donors (Lipinski definition) is 2. The first-order valence-corrected chi connectivity index (χ1v) is 7.11. The average Bonchev–Trinajstić information content (AvgIpc) is 2.36. The van der Waals surface area contributed by atoms with E-state index in [0.29, 0.717) is 19.1 Å². The van der Waals surface area contributed by atoms with Crippen molar-refractivity contribution in [1.29, 1.82) is 0 Å². The highest BCUT2D eigenvalue weighted by Crippen LogP contribution is 2.19. The van der Waals surface area contributed by atoms with E-state index in [1.54, 1.807) is 11.9 Å². The summed E-state index contributed by atoms with van der Waals surface area (Å²) in [5.41, 5.74) is 2.02. The second kappa shape index (κ2) is 8.00. The molecule has 0 radical (unpaired) electrons. The predicted molar refractivity (Wildman–Crippen MR) is 76.6 cm³/mol. The fourth-order valence-corrected chi connectivity index (χ4v) is 1.91. The second-order valence-electron chi connectivity index (χ2n) is 4.21.